The quantitative estimate of drug-likeness (QED) is 0.212. The van der Waals surface area contributed by atoms with E-state index in [-0.39, 0.29) is 17.8 Å². The molecule has 2 fully saturated rings. The summed E-state index contributed by atoms with van der Waals surface area (Å²) in [5.74, 6) is -1.74. The highest BCUT2D eigenvalue weighted by molar-refractivity contribution is 5.52. The van der Waals surface area contributed by atoms with Crippen LogP contribution < -0.4 is 0 Å². The molecule has 0 unspecified atom stereocenters. The molecular weight excluding hydrogens is 484 g/mol. The molecule has 208 valence electrons. The van der Waals surface area contributed by atoms with Crippen LogP contribution in [0.2, 0.25) is 0 Å². The first-order valence-electron chi connectivity index (χ1n) is 15.1. The number of benzene rings is 2. The van der Waals surface area contributed by atoms with Crippen LogP contribution in [0.15, 0.2) is 30.3 Å². The zero-order valence-electron chi connectivity index (χ0n) is 23.2. The summed E-state index contributed by atoms with van der Waals surface area (Å²) < 4.78 is 59.5. The Labute approximate surface area is 226 Å². The first kappa shape index (κ1) is 28.9. The zero-order valence-corrected chi connectivity index (χ0v) is 23.2. The van der Waals surface area contributed by atoms with E-state index in [1.54, 1.807) is 30.3 Å². The molecule has 4 heteroatoms. The SMILES string of the molecule is CCCCCc1ccc(C2CCC(C=Cc3ccc(C4CCC(CCC)CC4)c(F)c3F)CC2)c(F)c1F. The third-order valence-corrected chi connectivity index (χ3v) is 9.13. The Morgan fingerprint density at radius 2 is 1.26 bits per heavy atom. The van der Waals surface area contributed by atoms with Gasteiger partial charge in [-0.3, -0.25) is 0 Å². The van der Waals surface area contributed by atoms with Gasteiger partial charge in [0.05, 0.1) is 0 Å². The van der Waals surface area contributed by atoms with Gasteiger partial charge in [-0.25, -0.2) is 17.6 Å². The average molecular weight is 529 g/mol. The molecule has 0 saturated heterocycles. The largest absolute Gasteiger partial charge is 0.203 e. The van der Waals surface area contributed by atoms with Crippen molar-refractivity contribution in [3.8, 4) is 0 Å². The summed E-state index contributed by atoms with van der Waals surface area (Å²) in [6.45, 7) is 4.30. The molecule has 0 nitrogen and oxygen atoms in total. The van der Waals surface area contributed by atoms with Crippen molar-refractivity contribution >= 4 is 6.08 Å². The van der Waals surface area contributed by atoms with Gasteiger partial charge >= 0.3 is 0 Å². The molecule has 0 amide bonds. The van der Waals surface area contributed by atoms with E-state index in [0.29, 0.717) is 28.7 Å². The zero-order chi connectivity index (χ0) is 27.1. The smallest absolute Gasteiger partial charge is 0.166 e. The van der Waals surface area contributed by atoms with Crippen LogP contribution in [0.4, 0.5) is 17.6 Å². The summed E-state index contributed by atoms with van der Waals surface area (Å²) in [5, 5.41) is 0. The maximum absolute atomic E-state index is 15.0. The minimum Gasteiger partial charge on any atom is -0.203 e. The van der Waals surface area contributed by atoms with Gasteiger partial charge < -0.3 is 0 Å². The Morgan fingerprint density at radius 3 is 1.89 bits per heavy atom. The molecule has 2 aliphatic carbocycles. The van der Waals surface area contributed by atoms with Crippen molar-refractivity contribution in [1.29, 1.82) is 0 Å². The first-order valence-corrected chi connectivity index (χ1v) is 15.1. The lowest BCUT2D eigenvalue weighted by atomic mass is 9.77. The molecule has 2 saturated carbocycles. The Hall–Kier alpha value is -2.10. The van der Waals surface area contributed by atoms with Crippen LogP contribution in [0, 0.1) is 35.1 Å². The summed E-state index contributed by atoms with van der Waals surface area (Å²) >= 11 is 0. The number of hydrogen-bond donors (Lipinski definition) is 0. The van der Waals surface area contributed by atoms with E-state index in [0.717, 1.165) is 76.5 Å². The van der Waals surface area contributed by atoms with Gasteiger partial charge in [-0.15, -0.1) is 0 Å². The monoisotopic (exact) mass is 528 g/mol. The number of aryl methyl sites for hydroxylation is 1. The molecule has 0 bridgehead atoms. The second-order valence-corrected chi connectivity index (χ2v) is 11.7. The molecule has 2 aliphatic rings. The molecule has 4 rings (SSSR count). The van der Waals surface area contributed by atoms with Crippen molar-refractivity contribution in [3.05, 3.63) is 75.9 Å². The molecule has 0 spiro atoms. The van der Waals surface area contributed by atoms with E-state index >= 15 is 4.39 Å². The van der Waals surface area contributed by atoms with E-state index in [1.165, 1.54) is 12.8 Å². The Kier molecular flexibility index (Phi) is 10.5. The number of allylic oxidation sites excluding steroid dienone is 1. The van der Waals surface area contributed by atoms with Gasteiger partial charge in [0.25, 0.3) is 0 Å². The van der Waals surface area contributed by atoms with Gasteiger partial charge in [0.2, 0.25) is 0 Å². The van der Waals surface area contributed by atoms with E-state index in [1.807, 2.05) is 6.08 Å². The predicted octanol–water partition coefficient (Wildman–Crippen LogP) is 11.0. The fraction of sp³-hybridized carbons (Fsp3) is 0.588. The number of unbranched alkanes of at least 4 members (excludes halogenated alkanes) is 2. The number of rotatable bonds is 10. The molecule has 0 aliphatic heterocycles. The molecule has 0 radical (unpaired) electrons. The summed E-state index contributed by atoms with van der Waals surface area (Å²) in [6.07, 6.45) is 16.8. The van der Waals surface area contributed by atoms with Crippen molar-refractivity contribution in [3.63, 3.8) is 0 Å². The normalized spacial score (nSPS) is 24.3. The summed E-state index contributed by atoms with van der Waals surface area (Å²) in [7, 11) is 0. The van der Waals surface area contributed by atoms with Crippen LogP contribution in [-0.2, 0) is 6.42 Å². The summed E-state index contributed by atoms with van der Waals surface area (Å²) in [4.78, 5) is 0. The van der Waals surface area contributed by atoms with Gasteiger partial charge in [0.1, 0.15) is 0 Å². The minimum atomic E-state index is -0.750. The lowest BCUT2D eigenvalue weighted by Crippen LogP contribution is -2.15. The van der Waals surface area contributed by atoms with E-state index in [4.69, 9.17) is 0 Å². The predicted molar refractivity (Wildman–Crippen MR) is 149 cm³/mol. The Bertz CT molecular complexity index is 1070. The summed E-state index contributed by atoms with van der Waals surface area (Å²) in [6, 6.07) is 7.03. The van der Waals surface area contributed by atoms with Crippen LogP contribution in [0.25, 0.3) is 6.08 Å². The van der Waals surface area contributed by atoms with Crippen LogP contribution in [0.5, 0.6) is 0 Å². The van der Waals surface area contributed by atoms with Crippen LogP contribution in [0.1, 0.15) is 131 Å². The van der Waals surface area contributed by atoms with E-state index in [2.05, 4.69) is 13.8 Å². The number of hydrogen-bond acceptors (Lipinski definition) is 0. The van der Waals surface area contributed by atoms with Gasteiger partial charge in [-0.05, 0) is 105 Å². The average Bonchev–Trinajstić information content (AvgIpc) is 2.93. The minimum absolute atomic E-state index is 0.000256. The second kappa shape index (κ2) is 13.8. The van der Waals surface area contributed by atoms with Crippen molar-refractivity contribution < 1.29 is 17.6 Å². The molecule has 0 atom stereocenters. The lowest BCUT2D eigenvalue weighted by Gasteiger charge is -2.29. The van der Waals surface area contributed by atoms with Crippen molar-refractivity contribution in [2.45, 2.75) is 116 Å². The van der Waals surface area contributed by atoms with E-state index in [9.17, 15) is 13.2 Å². The van der Waals surface area contributed by atoms with Crippen LogP contribution >= 0.6 is 0 Å². The Balaban J connectivity index is 1.33. The maximum atomic E-state index is 15.0. The van der Waals surface area contributed by atoms with Crippen molar-refractivity contribution in [2.24, 2.45) is 11.8 Å². The first-order chi connectivity index (χ1) is 18.4. The Morgan fingerprint density at radius 1 is 0.658 bits per heavy atom. The molecule has 2 aromatic rings. The molecule has 2 aromatic carbocycles. The van der Waals surface area contributed by atoms with Crippen LogP contribution in [-0.4, -0.2) is 0 Å². The van der Waals surface area contributed by atoms with Gasteiger partial charge in [-0.1, -0.05) is 75.9 Å². The highest BCUT2D eigenvalue weighted by atomic mass is 19.2. The molecule has 38 heavy (non-hydrogen) atoms. The lowest BCUT2D eigenvalue weighted by molar-refractivity contribution is 0.303. The second-order valence-electron chi connectivity index (χ2n) is 11.7. The third kappa shape index (κ3) is 6.90. The standard InChI is InChI=1S/C34H44F4/c1-3-5-6-8-27-19-21-29(33(37)31(27)35)26-16-11-24(12-17-26)13-18-28-20-22-30(34(38)32(28)36)25-14-9-23(7-4-2)10-15-25/h13,18-26H,3-12,14-17H2,1-2H3. The van der Waals surface area contributed by atoms with Gasteiger partial charge in [0, 0.05) is 5.56 Å². The van der Waals surface area contributed by atoms with Crippen molar-refractivity contribution in [1.82, 2.24) is 0 Å². The number of halogens is 4. The highest BCUT2D eigenvalue weighted by Crippen LogP contribution is 2.40. The molecule has 0 heterocycles. The van der Waals surface area contributed by atoms with E-state index < -0.39 is 23.3 Å². The maximum Gasteiger partial charge on any atom is 0.166 e. The van der Waals surface area contributed by atoms with Gasteiger partial charge in [-0.2, -0.15) is 0 Å². The fourth-order valence-electron chi connectivity index (χ4n) is 6.73. The van der Waals surface area contributed by atoms with Crippen molar-refractivity contribution in [2.75, 3.05) is 0 Å². The fourth-order valence-corrected chi connectivity index (χ4v) is 6.73. The topological polar surface area (TPSA) is 0 Å². The summed E-state index contributed by atoms with van der Waals surface area (Å²) in [5.41, 5.74) is 1.78. The molecular formula is C34H44F4. The molecule has 0 aromatic heterocycles. The molecule has 0 N–H and O–H groups in total. The third-order valence-electron chi connectivity index (χ3n) is 9.13. The van der Waals surface area contributed by atoms with Gasteiger partial charge in [0.15, 0.2) is 23.3 Å². The van der Waals surface area contributed by atoms with Crippen LogP contribution in [0.3, 0.4) is 0 Å². The highest BCUT2D eigenvalue weighted by Gasteiger charge is 2.27.